The quantitative estimate of drug-likeness (QED) is 0.787. The van der Waals surface area contributed by atoms with Crippen molar-refractivity contribution in [2.24, 2.45) is 7.05 Å². The van der Waals surface area contributed by atoms with Gasteiger partial charge < -0.3 is 4.57 Å². The summed E-state index contributed by atoms with van der Waals surface area (Å²) < 4.78 is 23.6. The number of imidazole rings is 1. The highest BCUT2D eigenvalue weighted by atomic mass is 35.7. The largest absolute Gasteiger partial charge is 0.334 e. The molecule has 6 heteroatoms. The summed E-state index contributed by atoms with van der Waals surface area (Å²) in [7, 11) is 3.65. The molecule has 0 saturated carbocycles. The third-order valence-corrected chi connectivity index (χ3v) is 3.58. The molecule has 16 heavy (non-hydrogen) atoms. The van der Waals surface area contributed by atoms with Crippen LogP contribution < -0.4 is 0 Å². The van der Waals surface area contributed by atoms with E-state index in [4.69, 9.17) is 10.7 Å². The standard InChI is InChI=1S/C10H11ClN2O2S/c1-13-7-12-9-6-8(2-3-10(9)13)4-5-16(11,14)15/h2-3,6-7H,4-5H2,1H3. The monoisotopic (exact) mass is 258 g/mol. The van der Waals surface area contributed by atoms with Crippen LogP contribution in [0.2, 0.25) is 0 Å². The molecule has 0 radical (unpaired) electrons. The van der Waals surface area contributed by atoms with Gasteiger partial charge in [-0.1, -0.05) is 6.07 Å². The normalized spacial score (nSPS) is 12.1. The molecule has 0 amide bonds. The third kappa shape index (κ3) is 2.54. The van der Waals surface area contributed by atoms with Crippen LogP contribution in [0.4, 0.5) is 0 Å². The van der Waals surface area contributed by atoms with Crippen molar-refractivity contribution >= 4 is 30.8 Å². The number of aromatic nitrogens is 2. The summed E-state index contributed by atoms with van der Waals surface area (Å²) in [6.07, 6.45) is 2.14. The van der Waals surface area contributed by atoms with Gasteiger partial charge in [-0.05, 0) is 24.1 Å². The molecule has 0 saturated heterocycles. The van der Waals surface area contributed by atoms with Gasteiger partial charge in [-0.2, -0.15) is 0 Å². The number of aryl methyl sites for hydroxylation is 2. The van der Waals surface area contributed by atoms with Crippen molar-refractivity contribution in [2.75, 3.05) is 5.75 Å². The Morgan fingerprint density at radius 3 is 2.88 bits per heavy atom. The van der Waals surface area contributed by atoms with Gasteiger partial charge in [0.1, 0.15) is 0 Å². The molecule has 0 atom stereocenters. The number of benzene rings is 1. The Morgan fingerprint density at radius 2 is 2.19 bits per heavy atom. The predicted molar refractivity (Wildman–Crippen MR) is 64.1 cm³/mol. The maximum Gasteiger partial charge on any atom is 0.232 e. The molecule has 0 fully saturated rings. The molecule has 2 rings (SSSR count). The van der Waals surface area contributed by atoms with Crippen LogP contribution in [0.5, 0.6) is 0 Å². The number of hydrogen-bond acceptors (Lipinski definition) is 3. The molecule has 0 aliphatic rings. The van der Waals surface area contributed by atoms with E-state index in [0.29, 0.717) is 6.42 Å². The highest BCUT2D eigenvalue weighted by Gasteiger charge is 2.07. The molecule has 1 aromatic carbocycles. The van der Waals surface area contributed by atoms with E-state index in [2.05, 4.69) is 4.98 Å². The number of rotatable bonds is 3. The summed E-state index contributed by atoms with van der Waals surface area (Å²) in [5.74, 6) is -0.0487. The van der Waals surface area contributed by atoms with Crippen molar-refractivity contribution in [3.63, 3.8) is 0 Å². The number of nitrogens with zero attached hydrogens (tertiary/aromatic N) is 2. The summed E-state index contributed by atoms with van der Waals surface area (Å²) >= 11 is 0. The van der Waals surface area contributed by atoms with Crippen molar-refractivity contribution in [3.05, 3.63) is 30.1 Å². The van der Waals surface area contributed by atoms with Gasteiger partial charge in [0.05, 0.1) is 23.1 Å². The van der Waals surface area contributed by atoms with Gasteiger partial charge in [-0.25, -0.2) is 13.4 Å². The Morgan fingerprint density at radius 1 is 1.44 bits per heavy atom. The van der Waals surface area contributed by atoms with Crippen LogP contribution in [0.1, 0.15) is 5.56 Å². The molecule has 0 unspecified atom stereocenters. The van der Waals surface area contributed by atoms with E-state index < -0.39 is 9.05 Å². The summed E-state index contributed by atoms with van der Waals surface area (Å²) in [5.41, 5.74) is 2.82. The van der Waals surface area contributed by atoms with E-state index >= 15 is 0 Å². The minimum absolute atomic E-state index is 0.0487. The fourth-order valence-electron chi connectivity index (χ4n) is 1.58. The number of fused-ring (bicyclic) bond motifs is 1. The van der Waals surface area contributed by atoms with Gasteiger partial charge in [-0.3, -0.25) is 0 Å². The molecule has 0 aliphatic carbocycles. The zero-order valence-corrected chi connectivity index (χ0v) is 10.3. The fourth-order valence-corrected chi connectivity index (χ4v) is 2.29. The second-order valence-electron chi connectivity index (χ2n) is 3.67. The van der Waals surface area contributed by atoms with Crippen LogP contribution >= 0.6 is 10.7 Å². The summed E-state index contributed by atoms with van der Waals surface area (Å²) in [6.45, 7) is 0. The first-order valence-corrected chi connectivity index (χ1v) is 7.26. The maximum absolute atomic E-state index is 10.8. The maximum atomic E-state index is 10.8. The molecule has 1 heterocycles. The minimum atomic E-state index is -3.42. The lowest BCUT2D eigenvalue weighted by atomic mass is 10.1. The number of hydrogen-bond donors (Lipinski definition) is 0. The first kappa shape index (κ1) is 11.4. The van der Waals surface area contributed by atoms with Crippen LogP contribution in [0.3, 0.4) is 0 Å². The van der Waals surface area contributed by atoms with E-state index in [9.17, 15) is 8.42 Å². The van der Waals surface area contributed by atoms with Crippen molar-refractivity contribution in [1.82, 2.24) is 9.55 Å². The lowest BCUT2D eigenvalue weighted by Gasteiger charge is -2.00. The summed E-state index contributed by atoms with van der Waals surface area (Å²) in [6, 6.07) is 5.71. The molecule has 0 N–H and O–H groups in total. The Bertz CT molecular complexity index is 619. The molecule has 1 aromatic heterocycles. The predicted octanol–water partition coefficient (Wildman–Crippen LogP) is 1.68. The minimum Gasteiger partial charge on any atom is -0.334 e. The van der Waals surface area contributed by atoms with Gasteiger partial charge in [0.25, 0.3) is 0 Å². The molecule has 0 spiro atoms. The second kappa shape index (κ2) is 4.07. The highest BCUT2D eigenvalue weighted by Crippen LogP contribution is 2.15. The van der Waals surface area contributed by atoms with Gasteiger partial charge in [0.2, 0.25) is 9.05 Å². The van der Waals surface area contributed by atoms with E-state index in [1.165, 1.54) is 0 Å². The lowest BCUT2D eigenvalue weighted by Crippen LogP contribution is -2.00. The van der Waals surface area contributed by atoms with Gasteiger partial charge in [0, 0.05) is 17.7 Å². The van der Waals surface area contributed by atoms with Crippen LogP contribution in [0.15, 0.2) is 24.5 Å². The van der Waals surface area contributed by atoms with Gasteiger partial charge in [0.15, 0.2) is 0 Å². The molecule has 0 aliphatic heterocycles. The SMILES string of the molecule is Cn1cnc2cc(CCS(=O)(=O)Cl)ccc21. The average Bonchev–Trinajstić information content (AvgIpc) is 2.56. The molecule has 4 nitrogen and oxygen atoms in total. The zero-order chi connectivity index (χ0) is 11.8. The number of halogens is 1. The first-order valence-electron chi connectivity index (χ1n) is 4.78. The zero-order valence-electron chi connectivity index (χ0n) is 8.72. The van der Waals surface area contributed by atoms with Crippen molar-refractivity contribution in [1.29, 1.82) is 0 Å². The third-order valence-electron chi connectivity index (χ3n) is 2.42. The smallest absolute Gasteiger partial charge is 0.232 e. The summed E-state index contributed by atoms with van der Waals surface area (Å²) in [5, 5.41) is 0. The Balaban J connectivity index is 2.26. The van der Waals surface area contributed by atoms with Crippen LogP contribution in [-0.4, -0.2) is 23.7 Å². The van der Waals surface area contributed by atoms with E-state index in [1.807, 2.05) is 29.8 Å². The van der Waals surface area contributed by atoms with E-state index in [1.54, 1.807) is 6.33 Å². The van der Waals surface area contributed by atoms with Crippen molar-refractivity contribution in [3.8, 4) is 0 Å². The molecule has 0 bridgehead atoms. The van der Waals surface area contributed by atoms with E-state index in [-0.39, 0.29) is 5.75 Å². The molecule has 2 aromatic rings. The molecule has 86 valence electrons. The molecular formula is C10H11ClN2O2S. The van der Waals surface area contributed by atoms with Crippen LogP contribution in [0.25, 0.3) is 11.0 Å². The lowest BCUT2D eigenvalue weighted by molar-refractivity contribution is 0.609. The second-order valence-corrected chi connectivity index (χ2v) is 6.57. The van der Waals surface area contributed by atoms with Gasteiger partial charge >= 0.3 is 0 Å². The first-order chi connectivity index (χ1) is 7.46. The van der Waals surface area contributed by atoms with E-state index in [0.717, 1.165) is 16.6 Å². The van der Waals surface area contributed by atoms with Crippen LogP contribution in [0, 0.1) is 0 Å². The fraction of sp³-hybridized carbons (Fsp3) is 0.300. The van der Waals surface area contributed by atoms with Crippen molar-refractivity contribution in [2.45, 2.75) is 6.42 Å². The Kier molecular flexibility index (Phi) is 2.90. The van der Waals surface area contributed by atoms with Crippen molar-refractivity contribution < 1.29 is 8.42 Å². The van der Waals surface area contributed by atoms with Crippen LogP contribution in [-0.2, 0) is 22.5 Å². The topological polar surface area (TPSA) is 52.0 Å². The Hall–Kier alpha value is -1.07. The highest BCUT2D eigenvalue weighted by molar-refractivity contribution is 8.13. The molecular weight excluding hydrogens is 248 g/mol. The average molecular weight is 259 g/mol. The summed E-state index contributed by atoms with van der Waals surface area (Å²) in [4.78, 5) is 4.20. The van der Waals surface area contributed by atoms with Gasteiger partial charge in [-0.15, -0.1) is 0 Å². The Labute approximate surface area is 98.3 Å².